The van der Waals surface area contributed by atoms with Crippen molar-refractivity contribution in [3.63, 3.8) is 0 Å². The van der Waals surface area contributed by atoms with Gasteiger partial charge in [-0.1, -0.05) is 0 Å². The van der Waals surface area contributed by atoms with Gasteiger partial charge in [-0.3, -0.25) is 9.59 Å². The van der Waals surface area contributed by atoms with Crippen LogP contribution in [0.25, 0.3) is 0 Å². The van der Waals surface area contributed by atoms with Gasteiger partial charge in [-0.25, -0.2) is 0 Å². The van der Waals surface area contributed by atoms with Crippen LogP contribution >= 0.6 is 0 Å². The first-order valence-corrected chi connectivity index (χ1v) is 7.07. The van der Waals surface area contributed by atoms with E-state index in [0.717, 1.165) is 11.4 Å². The van der Waals surface area contributed by atoms with E-state index in [1.165, 1.54) is 13.0 Å². The number of nitrogens with one attached hydrogen (secondary N) is 2. The maximum Gasteiger partial charge on any atom is 0.221 e. The highest BCUT2D eigenvalue weighted by Crippen LogP contribution is 2.14. The van der Waals surface area contributed by atoms with Gasteiger partial charge in [-0.2, -0.15) is 0 Å². The average Bonchev–Trinajstić information content (AvgIpc) is 2.56. The summed E-state index contributed by atoms with van der Waals surface area (Å²) in [6, 6.07) is 14.1. The van der Waals surface area contributed by atoms with Crippen molar-refractivity contribution in [2.24, 2.45) is 0 Å². The molecule has 1 amide bonds. The van der Waals surface area contributed by atoms with E-state index in [0.29, 0.717) is 11.3 Å². The second-order valence-corrected chi connectivity index (χ2v) is 4.83. The van der Waals surface area contributed by atoms with Crippen molar-refractivity contribution >= 4 is 23.1 Å². The summed E-state index contributed by atoms with van der Waals surface area (Å²) in [5.41, 5.74) is 2.13. The van der Waals surface area contributed by atoms with Crippen molar-refractivity contribution in [3.05, 3.63) is 66.4 Å². The number of anilines is 2. The van der Waals surface area contributed by atoms with Crippen molar-refractivity contribution in [1.29, 1.82) is 0 Å². The maximum absolute atomic E-state index is 12.0. The molecule has 0 fully saturated rings. The summed E-state index contributed by atoms with van der Waals surface area (Å²) in [7, 11) is 1.58. The van der Waals surface area contributed by atoms with Gasteiger partial charge in [0.1, 0.15) is 5.75 Å². The molecule has 0 spiro atoms. The van der Waals surface area contributed by atoms with Crippen LogP contribution in [0.5, 0.6) is 5.75 Å². The van der Waals surface area contributed by atoms with E-state index in [-0.39, 0.29) is 11.7 Å². The van der Waals surface area contributed by atoms with Gasteiger partial charge < -0.3 is 15.4 Å². The fraction of sp³-hybridized carbons (Fsp3) is 0.111. The Bertz CT molecular complexity index is 704. The second-order valence-electron chi connectivity index (χ2n) is 4.83. The molecule has 0 radical (unpaired) electrons. The molecule has 0 heterocycles. The summed E-state index contributed by atoms with van der Waals surface area (Å²) in [4.78, 5) is 22.9. The first-order valence-electron chi connectivity index (χ1n) is 7.07. The number of carbonyl (C=O) groups is 2. The molecule has 2 aromatic carbocycles. The molecule has 2 rings (SSSR count). The summed E-state index contributed by atoms with van der Waals surface area (Å²) in [5.74, 6) is 0.494. The van der Waals surface area contributed by atoms with E-state index in [2.05, 4.69) is 10.6 Å². The van der Waals surface area contributed by atoms with Crippen molar-refractivity contribution in [1.82, 2.24) is 0 Å². The highest BCUT2D eigenvalue weighted by molar-refractivity contribution is 6.04. The smallest absolute Gasteiger partial charge is 0.221 e. The van der Waals surface area contributed by atoms with Crippen LogP contribution in [0.2, 0.25) is 0 Å². The van der Waals surface area contributed by atoms with Crippen molar-refractivity contribution in [3.8, 4) is 5.75 Å². The zero-order chi connectivity index (χ0) is 16.7. The Morgan fingerprint density at radius 3 is 2.13 bits per heavy atom. The van der Waals surface area contributed by atoms with Crippen LogP contribution in [0.1, 0.15) is 17.3 Å². The van der Waals surface area contributed by atoms with Crippen molar-refractivity contribution < 1.29 is 14.3 Å². The van der Waals surface area contributed by atoms with E-state index in [1.807, 2.05) is 12.1 Å². The second kappa shape index (κ2) is 7.79. The molecule has 0 bridgehead atoms. The molecule has 0 aliphatic rings. The number of benzene rings is 2. The summed E-state index contributed by atoms with van der Waals surface area (Å²) in [6.45, 7) is 1.46. The molecule has 5 heteroatoms. The van der Waals surface area contributed by atoms with E-state index < -0.39 is 0 Å². The first kappa shape index (κ1) is 16.3. The number of amides is 1. The Kier molecular flexibility index (Phi) is 5.52. The van der Waals surface area contributed by atoms with Gasteiger partial charge in [-0.05, 0) is 48.5 Å². The summed E-state index contributed by atoms with van der Waals surface area (Å²) < 4.78 is 5.05. The van der Waals surface area contributed by atoms with Crippen LogP contribution in [0.4, 0.5) is 11.4 Å². The Labute approximate surface area is 135 Å². The standard InChI is InChI=1S/C18H18N2O3/c1-13(21)20-16-7-5-15(6-8-16)19-12-11-18(22)14-3-9-17(23-2)10-4-14/h3-12,19H,1-2H3,(H,20,21). The van der Waals surface area contributed by atoms with Gasteiger partial charge in [0.2, 0.25) is 5.91 Å². The van der Waals surface area contributed by atoms with Crippen molar-refractivity contribution in [2.45, 2.75) is 6.92 Å². The lowest BCUT2D eigenvalue weighted by Gasteiger charge is -2.04. The number of ether oxygens (including phenoxy) is 1. The third kappa shape index (κ3) is 5.00. The molecular formula is C18H18N2O3. The van der Waals surface area contributed by atoms with Gasteiger partial charge >= 0.3 is 0 Å². The molecule has 2 aromatic rings. The molecule has 0 aliphatic heterocycles. The summed E-state index contributed by atoms with van der Waals surface area (Å²) in [6.07, 6.45) is 3.05. The zero-order valence-electron chi connectivity index (χ0n) is 13.0. The quantitative estimate of drug-likeness (QED) is 0.633. The Morgan fingerprint density at radius 1 is 0.957 bits per heavy atom. The first-order chi connectivity index (χ1) is 11.1. The largest absolute Gasteiger partial charge is 0.497 e. The molecule has 0 saturated carbocycles. The predicted molar refractivity (Wildman–Crippen MR) is 90.8 cm³/mol. The third-order valence-electron chi connectivity index (χ3n) is 3.06. The minimum Gasteiger partial charge on any atom is -0.497 e. The van der Waals surface area contributed by atoms with Crippen LogP contribution in [-0.2, 0) is 4.79 Å². The minimum absolute atomic E-state index is 0.102. The summed E-state index contributed by atoms with van der Waals surface area (Å²) in [5, 5.41) is 5.70. The summed E-state index contributed by atoms with van der Waals surface area (Å²) >= 11 is 0. The number of methoxy groups -OCH3 is 1. The molecule has 0 aliphatic carbocycles. The highest BCUT2D eigenvalue weighted by atomic mass is 16.5. The Morgan fingerprint density at radius 2 is 1.57 bits per heavy atom. The van der Waals surface area contributed by atoms with Gasteiger partial charge in [0.15, 0.2) is 5.78 Å². The molecule has 0 saturated heterocycles. The molecule has 23 heavy (non-hydrogen) atoms. The van der Waals surface area contributed by atoms with Crippen LogP contribution in [0.15, 0.2) is 60.8 Å². The fourth-order valence-electron chi connectivity index (χ4n) is 1.92. The molecule has 2 N–H and O–H groups in total. The monoisotopic (exact) mass is 310 g/mol. The number of hydrogen-bond donors (Lipinski definition) is 2. The topological polar surface area (TPSA) is 67.4 Å². The lowest BCUT2D eigenvalue weighted by molar-refractivity contribution is -0.114. The van der Waals surface area contributed by atoms with E-state index >= 15 is 0 Å². The maximum atomic E-state index is 12.0. The normalized spacial score (nSPS) is 10.3. The molecular weight excluding hydrogens is 292 g/mol. The van der Waals surface area contributed by atoms with Gasteiger partial charge in [0, 0.05) is 36.1 Å². The van der Waals surface area contributed by atoms with Gasteiger partial charge in [0.05, 0.1) is 7.11 Å². The minimum atomic E-state index is -0.115. The van der Waals surface area contributed by atoms with Crippen LogP contribution in [0.3, 0.4) is 0 Å². The molecule has 5 nitrogen and oxygen atoms in total. The fourth-order valence-corrected chi connectivity index (χ4v) is 1.92. The highest BCUT2D eigenvalue weighted by Gasteiger charge is 2.01. The number of hydrogen-bond acceptors (Lipinski definition) is 4. The SMILES string of the molecule is COc1ccc(C(=O)C=CNc2ccc(NC(C)=O)cc2)cc1. The number of carbonyl (C=O) groups excluding carboxylic acids is 2. The number of allylic oxidation sites excluding steroid dienone is 1. The van der Waals surface area contributed by atoms with Crippen LogP contribution in [0, 0.1) is 0 Å². The number of ketones is 1. The van der Waals surface area contributed by atoms with Gasteiger partial charge in [-0.15, -0.1) is 0 Å². The van der Waals surface area contributed by atoms with Crippen LogP contribution < -0.4 is 15.4 Å². The molecule has 118 valence electrons. The number of rotatable bonds is 6. The van der Waals surface area contributed by atoms with E-state index in [1.54, 1.807) is 49.7 Å². The third-order valence-corrected chi connectivity index (χ3v) is 3.06. The van der Waals surface area contributed by atoms with Crippen molar-refractivity contribution in [2.75, 3.05) is 17.7 Å². The zero-order valence-corrected chi connectivity index (χ0v) is 13.0. The average molecular weight is 310 g/mol. The van der Waals surface area contributed by atoms with Crippen LogP contribution in [-0.4, -0.2) is 18.8 Å². The van der Waals surface area contributed by atoms with E-state index in [9.17, 15) is 9.59 Å². The lowest BCUT2D eigenvalue weighted by Crippen LogP contribution is -2.05. The Balaban J connectivity index is 1.92. The molecule has 0 unspecified atom stereocenters. The lowest BCUT2D eigenvalue weighted by atomic mass is 10.1. The molecule has 0 aromatic heterocycles. The molecule has 0 atom stereocenters. The van der Waals surface area contributed by atoms with Gasteiger partial charge in [0.25, 0.3) is 0 Å². The van der Waals surface area contributed by atoms with E-state index in [4.69, 9.17) is 4.74 Å². The Hall–Kier alpha value is -3.08. The predicted octanol–water partition coefficient (Wildman–Crippen LogP) is 3.46.